The molecule has 0 amide bonds. The molecule has 0 heterocycles. The number of para-hydroxylation sites is 1. The van der Waals surface area contributed by atoms with E-state index in [1.54, 1.807) is 0 Å². The number of hydrogen-bond acceptors (Lipinski definition) is 0. The van der Waals surface area contributed by atoms with Crippen molar-refractivity contribution in [1.82, 2.24) is 0 Å². The maximum atomic E-state index is 4.04. The smallest absolute Gasteiger partial charge is 0.205 e. The van der Waals surface area contributed by atoms with Gasteiger partial charge in [0.05, 0.1) is 0 Å². The van der Waals surface area contributed by atoms with Gasteiger partial charge in [-0.05, 0) is 6.42 Å². The van der Waals surface area contributed by atoms with Crippen LogP contribution in [0.1, 0.15) is 25.8 Å². The summed E-state index contributed by atoms with van der Waals surface area (Å²) in [6.07, 6.45) is 2.22. The Hall–Kier alpha value is -1.11. The van der Waals surface area contributed by atoms with Crippen LogP contribution in [0.3, 0.4) is 0 Å². The highest BCUT2D eigenvalue weighted by Crippen LogP contribution is 2.18. The highest BCUT2D eigenvalue weighted by molar-refractivity contribution is 5.42. The molecule has 0 aliphatic carbocycles. The minimum atomic E-state index is 1.02. The Morgan fingerprint density at radius 2 is 1.92 bits per heavy atom. The largest absolute Gasteiger partial charge is 0.207 e. The average Bonchev–Trinajstić information content (AvgIpc) is 2.18. The predicted octanol–water partition coefficient (Wildman–Crippen LogP) is 3.00. The molecular weight excluding hydrogens is 158 g/mol. The lowest BCUT2D eigenvalue weighted by Crippen LogP contribution is -2.05. The molecule has 0 unspecified atom stereocenters. The van der Waals surface area contributed by atoms with Crippen LogP contribution >= 0.6 is 0 Å². The number of nitrogens with zero attached hydrogens (tertiary/aromatic N) is 1. The van der Waals surface area contributed by atoms with E-state index in [0.29, 0.717) is 0 Å². The first-order valence-electron chi connectivity index (χ1n) is 4.95. The molecule has 0 spiro atoms. The summed E-state index contributed by atoms with van der Waals surface area (Å²) in [6, 6.07) is 8.47. The van der Waals surface area contributed by atoms with Crippen LogP contribution in [0.25, 0.3) is 0 Å². The summed E-state index contributed by atoms with van der Waals surface area (Å²) in [4.78, 5) is 0. The maximum Gasteiger partial charge on any atom is 0.207 e. The number of hydrogen-bond donors (Lipinski definition) is 0. The summed E-state index contributed by atoms with van der Waals surface area (Å²) in [7, 11) is 0. The molecule has 0 saturated carbocycles. The monoisotopic (exact) mass is 176 g/mol. The minimum Gasteiger partial charge on any atom is -0.205 e. The molecule has 1 heteroatoms. The normalized spacial score (nSPS) is 10.0. The van der Waals surface area contributed by atoms with Gasteiger partial charge in [-0.15, -0.1) is 0 Å². The van der Waals surface area contributed by atoms with Gasteiger partial charge >= 0.3 is 0 Å². The van der Waals surface area contributed by atoms with Crippen LogP contribution in [0.5, 0.6) is 0 Å². The molecular formula is C12H18N+. The molecule has 0 fully saturated rings. The van der Waals surface area contributed by atoms with Crippen molar-refractivity contribution in [3.63, 3.8) is 0 Å². The van der Waals surface area contributed by atoms with Gasteiger partial charge in [0.2, 0.25) is 5.69 Å². The molecule has 13 heavy (non-hydrogen) atoms. The molecule has 0 aliphatic heterocycles. The Morgan fingerprint density at radius 1 is 1.23 bits per heavy atom. The Balaban J connectivity index is 2.92. The topological polar surface area (TPSA) is 3.01 Å². The first-order chi connectivity index (χ1) is 6.29. The van der Waals surface area contributed by atoms with Crippen molar-refractivity contribution in [2.45, 2.75) is 26.7 Å². The van der Waals surface area contributed by atoms with Crippen LogP contribution in [0.4, 0.5) is 5.69 Å². The Morgan fingerprint density at radius 3 is 2.54 bits per heavy atom. The summed E-state index contributed by atoms with van der Waals surface area (Å²) < 4.78 is 2.08. The lowest BCUT2D eigenvalue weighted by molar-refractivity contribution is -0.431. The third-order valence-electron chi connectivity index (χ3n) is 2.21. The minimum absolute atomic E-state index is 1.02. The molecule has 0 saturated heterocycles. The Bertz CT molecular complexity index is 289. The molecule has 0 bridgehead atoms. The Labute approximate surface area is 80.7 Å². The lowest BCUT2D eigenvalue weighted by atomic mass is 10.1. The summed E-state index contributed by atoms with van der Waals surface area (Å²) in [5.74, 6) is 0. The highest BCUT2D eigenvalue weighted by Gasteiger charge is 2.08. The van der Waals surface area contributed by atoms with Crippen molar-refractivity contribution < 1.29 is 4.58 Å². The highest BCUT2D eigenvalue weighted by atomic mass is 15.0. The summed E-state index contributed by atoms with van der Waals surface area (Å²) in [5.41, 5.74) is 2.65. The van der Waals surface area contributed by atoms with Gasteiger partial charge in [-0.1, -0.05) is 32.0 Å². The van der Waals surface area contributed by atoms with Crippen molar-refractivity contribution in [2.24, 2.45) is 0 Å². The third kappa shape index (κ3) is 2.41. The molecule has 70 valence electrons. The predicted molar refractivity (Wildman–Crippen MR) is 58.0 cm³/mol. The van der Waals surface area contributed by atoms with Gasteiger partial charge in [-0.3, -0.25) is 0 Å². The standard InChI is InChI=1S/C12H18N/c1-4-10-13(3)12-9-7-6-8-11(12)5-2/h6-9H,3-5,10H2,1-2H3/q+1. The van der Waals surface area contributed by atoms with Crippen LogP contribution in [-0.4, -0.2) is 17.8 Å². The third-order valence-corrected chi connectivity index (χ3v) is 2.21. The van der Waals surface area contributed by atoms with E-state index in [1.165, 1.54) is 11.3 Å². The molecule has 0 aromatic heterocycles. The second-order valence-corrected chi connectivity index (χ2v) is 3.25. The number of benzene rings is 1. The van der Waals surface area contributed by atoms with Crippen LogP contribution < -0.4 is 0 Å². The van der Waals surface area contributed by atoms with Gasteiger partial charge in [-0.2, -0.15) is 0 Å². The second-order valence-electron chi connectivity index (χ2n) is 3.25. The van der Waals surface area contributed by atoms with Gasteiger partial charge in [-0.25, -0.2) is 4.58 Å². The van der Waals surface area contributed by atoms with Crippen LogP contribution in [0, 0.1) is 0 Å². The molecule has 0 N–H and O–H groups in total. The fourth-order valence-electron chi connectivity index (χ4n) is 1.51. The first kappa shape index (κ1) is 9.97. The molecule has 0 atom stereocenters. The van der Waals surface area contributed by atoms with E-state index in [9.17, 15) is 0 Å². The van der Waals surface area contributed by atoms with Gasteiger partial charge in [0, 0.05) is 18.1 Å². The molecule has 1 rings (SSSR count). The quantitative estimate of drug-likeness (QED) is 0.490. The summed E-state index contributed by atoms with van der Waals surface area (Å²) in [6.45, 7) is 9.42. The summed E-state index contributed by atoms with van der Waals surface area (Å²) in [5, 5.41) is 0. The van der Waals surface area contributed by atoms with Gasteiger partial charge in [0.25, 0.3) is 0 Å². The lowest BCUT2D eigenvalue weighted by Gasteiger charge is -2.03. The summed E-state index contributed by atoms with van der Waals surface area (Å²) >= 11 is 0. The van der Waals surface area contributed by atoms with E-state index in [0.717, 1.165) is 19.4 Å². The van der Waals surface area contributed by atoms with Gasteiger partial charge in [0.15, 0.2) is 0 Å². The number of rotatable bonds is 4. The molecule has 0 aliphatic rings. The zero-order chi connectivity index (χ0) is 9.68. The van der Waals surface area contributed by atoms with E-state index >= 15 is 0 Å². The second kappa shape index (κ2) is 4.80. The van der Waals surface area contributed by atoms with Crippen LogP contribution in [0.2, 0.25) is 0 Å². The molecule has 1 aromatic carbocycles. The van der Waals surface area contributed by atoms with Crippen molar-refractivity contribution >= 4 is 12.4 Å². The van der Waals surface area contributed by atoms with E-state index in [4.69, 9.17) is 0 Å². The van der Waals surface area contributed by atoms with E-state index < -0.39 is 0 Å². The Kier molecular flexibility index (Phi) is 3.69. The SMILES string of the molecule is C=[N+](CCC)c1ccccc1CC. The fraction of sp³-hybridized carbons (Fsp3) is 0.417. The first-order valence-corrected chi connectivity index (χ1v) is 4.95. The van der Waals surface area contributed by atoms with Crippen LogP contribution in [0.15, 0.2) is 24.3 Å². The fourth-order valence-corrected chi connectivity index (χ4v) is 1.51. The van der Waals surface area contributed by atoms with Crippen LogP contribution in [-0.2, 0) is 6.42 Å². The number of aryl methyl sites for hydroxylation is 1. The van der Waals surface area contributed by atoms with Crippen molar-refractivity contribution in [1.29, 1.82) is 0 Å². The van der Waals surface area contributed by atoms with Crippen molar-refractivity contribution in [2.75, 3.05) is 6.54 Å². The van der Waals surface area contributed by atoms with Crippen molar-refractivity contribution in [3.8, 4) is 0 Å². The van der Waals surface area contributed by atoms with Crippen molar-refractivity contribution in [3.05, 3.63) is 29.8 Å². The maximum absolute atomic E-state index is 4.04. The zero-order valence-corrected chi connectivity index (χ0v) is 8.59. The van der Waals surface area contributed by atoms with E-state index in [-0.39, 0.29) is 0 Å². The van der Waals surface area contributed by atoms with Gasteiger partial charge < -0.3 is 0 Å². The molecule has 1 aromatic rings. The average molecular weight is 176 g/mol. The van der Waals surface area contributed by atoms with E-state index in [1.807, 2.05) is 0 Å². The molecule has 0 radical (unpaired) electrons. The van der Waals surface area contributed by atoms with Gasteiger partial charge in [0.1, 0.15) is 13.3 Å². The van der Waals surface area contributed by atoms with E-state index in [2.05, 4.69) is 49.4 Å². The zero-order valence-electron chi connectivity index (χ0n) is 8.59. The molecule has 1 nitrogen and oxygen atoms in total.